The summed E-state index contributed by atoms with van der Waals surface area (Å²) in [6.45, 7) is 2.51. The van der Waals surface area contributed by atoms with Crippen molar-refractivity contribution in [2.24, 2.45) is 5.10 Å². The Morgan fingerprint density at radius 2 is 1.86 bits per heavy atom. The van der Waals surface area contributed by atoms with Crippen LogP contribution in [0.15, 0.2) is 47.6 Å². The highest BCUT2D eigenvalue weighted by molar-refractivity contribution is 6.35. The van der Waals surface area contributed by atoms with E-state index >= 15 is 0 Å². The van der Waals surface area contributed by atoms with Gasteiger partial charge in [-0.15, -0.1) is 0 Å². The van der Waals surface area contributed by atoms with Gasteiger partial charge in [-0.1, -0.05) is 55.8 Å². The van der Waals surface area contributed by atoms with Gasteiger partial charge in [0.2, 0.25) is 0 Å². The van der Waals surface area contributed by atoms with Crippen LogP contribution in [0, 0.1) is 0 Å². The van der Waals surface area contributed by atoms with Gasteiger partial charge in [-0.05, 0) is 17.2 Å². The normalized spacial score (nSPS) is 10.8. The second-order valence-electron chi connectivity index (χ2n) is 4.88. The molecule has 0 saturated carbocycles. The molecule has 2 N–H and O–H groups in total. The third-order valence-corrected chi connectivity index (χ3v) is 3.22. The summed E-state index contributed by atoms with van der Waals surface area (Å²) in [5.41, 5.74) is 3.12. The second kappa shape index (κ2) is 7.93. The number of benzene rings is 2. The number of amides is 2. The van der Waals surface area contributed by atoms with Gasteiger partial charge in [-0.3, -0.25) is 9.59 Å². The van der Waals surface area contributed by atoms with Crippen molar-refractivity contribution in [2.45, 2.75) is 19.8 Å². The number of nitrogens with one attached hydrogen (secondary N) is 2. The number of carbonyl (C=O) groups excluding carboxylic acids is 2. The van der Waals surface area contributed by atoms with Crippen molar-refractivity contribution in [1.29, 1.82) is 0 Å². The SMILES string of the molecule is CCCCNC(=O)C(=O)N/N=C\c1cccc2ccccc12. The summed E-state index contributed by atoms with van der Waals surface area (Å²) in [6, 6.07) is 13.7. The molecule has 0 heterocycles. The van der Waals surface area contributed by atoms with Crippen molar-refractivity contribution in [2.75, 3.05) is 6.54 Å². The maximum absolute atomic E-state index is 11.6. The van der Waals surface area contributed by atoms with Crippen LogP contribution in [0.2, 0.25) is 0 Å². The molecule has 5 heteroatoms. The highest BCUT2D eigenvalue weighted by atomic mass is 16.2. The molecule has 5 nitrogen and oxygen atoms in total. The lowest BCUT2D eigenvalue weighted by Gasteiger charge is -2.03. The summed E-state index contributed by atoms with van der Waals surface area (Å²) in [6.07, 6.45) is 3.35. The molecule has 0 fully saturated rings. The number of hydrogen-bond acceptors (Lipinski definition) is 3. The molecule has 114 valence electrons. The predicted octanol–water partition coefficient (Wildman–Crippen LogP) is 2.21. The number of hydrazone groups is 1. The Hall–Kier alpha value is -2.69. The Labute approximate surface area is 129 Å². The van der Waals surface area contributed by atoms with Crippen LogP contribution in [0.3, 0.4) is 0 Å². The van der Waals surface area contributed by atoms with E-state index in [1.165, 1.54) is 0 Å². The molecule has 0 aliphatic carbocycles. The number of rotatable bonds is 5. The van der Waals surface area contributed by atoms with Gasteiger partial charge in [0.15, 0.2) is 0 Å². The van der Waals surface area contributed by atoms with Gasteiger partial charge in [0, 0.05) is 12.1 Å². The number of nitrogens with zero attached hydrogens (tertiary/aromatic N) is 1. The molecule has 0 bridgehead atoms. The van der Waals surface area contributed by atoms with Crippen LogP contribution < -0.4 is 10.7 Å². The minimum atomic E-state index is -0.757. The highest BCUT2D eigenvalue weighted by Crippen LogP contribution is 2.16. The Balaban J connectivity index is 1.97. The zero-order valence-electron chi connectivity index (χ0n) is 12.5. The number of fused-ring (bicyclic) bond motifs is 1. The van der Waals surface area contributed by atoms with Crippen molar-refractivity contribution >= 4 is 28.8 Å². The molecule has 0 aliphatic rings. The van der Waals surface area contributed by atoms with Crippen LogP contribution in [-0.2, 0) is 9.59 Å². The van der Waals surface area contributed by atoms with E-state index in [2.05, 4.69) is 15.8 Å². The number of carbonyl (C=O) groups is 2. The lowest BCUT2D eigenvalue weighted by Crippen LogP contribution is -2.38. The molecule has 0 unspecified atom stereocenters. The summed E-state index contributed by atoms with van der Waals surface area (Å²) < 4.78 is 0. The van der Waals surface area contributed by atoms with Crippen LogP contribution in [0.1, 0.15) is 25.3 Å². The van der Waals surface area contributed by atoms with Gasteiger partial charge >= 0.3 is 11.8 Å². The maximum Gasteiger partial charge on any atom is 0.329 e. The van der Waals surface area contributed by atoms with Crippen LogP contribution >= 0.6 is 0 Å². The molecule has 2 aromatic rings. The van der Waals surface area contributed by atoms with Crippen LogP contribution in [0.4, 0.5) is 0 Å². The lowest BCUT2D eigenvalue weighted by atomic mass is 10.1. The lowest BCUT2D eigenvalue weighted by molar-refractivity contribution is -0.139. The summed E-state index contributed by atoms with van der Waals surface area (Å²) in [7, 11) is 0. The third kappa shape index (κ3) is 4.15. The first kappa shape index (κ1) is 15.7. The average molecular weight is 297 g/mol. The third-order valence-electron chi connectivity index (χ3n) is 3.22. The second-order valence-corrected chi connectivity index (χ2v) is 4.88. The smallest absolute Gasteiger partial charge is 0.329 e. The Kier molecular flexibility index (Phi) is 5.65. The van der Waals surface area contributed by atoms with E-state index in [0.717, 1.165) is 29.2 Å². The Morgan fingerprint density at radius 3 is 2.68 bits per heavy atom. The van der Waals surface area contributed by atoms with Crippen molar-refractivity contribution in [3.05, 3.63) is 48.0 Å². The Bertz CT molecular complexity index is 690. The molecule has 0 aliphatic heterocycles. The molecule has 0 saturated heterocycles. The average Bonchev–Trinajstić information content (AvgIpc) is 2.55. The maximum atomic E-state index is 11.6. The van der Waals surface area contributed by atoms with Crippen LogP contribution in [0.25, 0.3) is 10.8 Å². The van der Waals surface area contributed by atoms with Crippen molar-refractivity contribution in [3.63, 3.8) is 0 Å². The first-order valence-electron chi connectivity index (χ1n) is 7.31. The van der Waals surface area contributed by atoms with Crippen LogP contribution in [-0.4, -0.2) is 24.6 Å². The molecule has 22 heavy (non-hydrogen) atoms. The minimum Gasteiger partial charge on any atom is -0.348 e. The zero-order chi connectivity index (χ0) is 15.8. The van der Waals surface area contributed by atoms with Gasteiger partial charge in [0.05, 0.1) is 6.21 Å². The molecule has 0 radical (unpaired) electrons. The Morgan fingerprint density at radius 1 is 1.09 bits per heavy atom. The fourth-order valence-electron chi connectivity index (χ4n) is 2.03. The van der Waals surface area contributed by atoms with E-state index < -0.39 is 11.8 Å². The van der Waals surface area contributed by atoms with E-state index in [-0.39, 0.29) is 0 Å². The quantitative estimate of drug-likeness (QED) is 0.384. The van der Waals surface area contributed by atoms with E-state index in [1.807, 2.05) is 49.4 Å². The summed E-state index contributed by atoms with van der Waals surface area (Å²) >= 11 is 0. The van der Waals surface area contributed by atoms with Crippen LogP contribution in [0.5, 0.6) is 0 Å². The fraction of sp³-hybridized carbons (Fsp3) is 0.235. The monoisotopic (exact) mass is 297 g/mol. The predicted molar refractivity (Wildman–Crippen MR) is 87.6 cm³/mol. The molecule has 0 spiro atoms. The van der Waals surface area contributed by atoms with E-state index in [4.69, 9.17) is 0 Å². The largest absolute Gasteiger partial charge is 0.348 e. The minimum absolute atomic E-state index is 0.496. The zero-order valence-corrected chi connectivity index (χ0v) is 12.5. The molecular formula is C17H19N3O2. The van der Waals surface area contributed by atoms with Gasteiger partial charge in [0.1, 0.15) is 0 Å². The van der Waals surface area contributed by atoms with Gasteiger partial charge in [0.25, 0.3) is 0 Å². The van der Waals surface area contributed by atoms with Gasteiger partial charge in [-0.2, -0.15) is 5.10 Å². The van der Waals surface area contributed by atoms with E-state index in [9.17, 15) is 9.59 Å². The van der Waals surface area contributed by atoms with Crippen molar-refractivity contribution in [3.8, 4) is 0 Å². The summed E-state index contributed by atoms with van der Waals surface area (Å²) in [4.78, 5) is 23.0. The molecular weight excluding hydrogens is 278 g/mol. The fourth-order valence-corrected chi connectivity index (χ4v) is 2.03. The topological polar surface area (TPSA) is 70.6 Å². The van der Waals surface area contributed by atoms with Gasteiger partial charge < -0.3 is 5.32 Å². The van der Waals surface area contributed by atoms with Crippen molar-refractivity contribution in [1.82, 2.24) is 10.7 Å². The first-order valence-corrected chi connectivity index (χ1v) is 7.31. The van der Waals surface area contributed by atoms with Crippen molar-refractivity contribution < 1.29 is 9.59 Å². The number of unbranched alkanes of at least 4 members (excludes halogenated alkanes) is 1. The van der Waals surface area contributed by atoms with Gasteiger partial charge in [-0.25, -0.2) is 5.43 Å². The summed E-state index contributed by atoms with van der Waals surface area (Å²) in [5.74, 6) is -1.42. The molecule has 2 rings (SSSR count). The number of hydrogen-bond donors (Lipinski definition) is 2. The molecule has 0 atom stereocenters. The molecule has 0 aromatic heterocycles. The van der Waals surface area contributed by atoms with E-state index in [1.54, 1.807) is 6.21 Å². The first-order chi connectivity index (χ1) is 10.7. The summed E-state index contributed by atoms with van der Waals surface area (Å²) in [5, 5.41) is 8.52. The molecule has 2 aromatic carbocycles. The van der Waals surface area contributed by atoms with E-state index in [0.29, 0.717) is 6.54 Å². The molecule has 2 amide bonds. The standard InChI is InChI=1S/C17H19N3O2/c1-2-3-11-18-16(21)17(22)20-19-12-14-9-6-8-13-7-4-5-10-15(13)14/h4-10,12H,2-3,11H2,1H3,(H,18,21)(H,20,22)/b19-12-. The highest BCUT2D eigenvalue weighted by Gasteiger charge is 2.10.